The Balaban J connectivity index is 1.98. The molecule has 3 rings (SSSR count). The molecule has 0 bridgehead atoms. The number of carbonyl (C=O) groups is 1. The van der Waals surface area contributed by atoms with E-state index in [4.69, 9.17) is 5.73 Å². The number of urea groups is 1. The van der Waals surface area contributed by atoms with Crippen molar-refractivity contribution in [1.29, 1.82) is 0 Å². The second-order valence-electron chi connectivity index (χ2n) is 7.52. The molecule has 0 spiro atoms. The number of rotatable bonds is 8. The summed E-state index contributed by atoms with van der Waals surface area (Å²) in [5, 5.41) is 1.73. The van der Waals surface area contributed by atoms with Crippen LogP contribution in [0.15, 0.2) is 47.8 Å². The van der Waals surface area contributed by atoms with Gasteiger partial charge in [-0.15, -0.1) is 11.3 Å². The van der Waals surface area contributed by atoms with E-state index in [1.54, 1.807) is 17.3 Å². The zero-order valence-corrected chi connectivity index (χ0v) is 19.0. The number of carbonyl (C=O) groups excluding carboxylic acids is 1. The van der Waals surface area contributed by atoms with Gasteiger partial charge in [-0.3, -0.25) is 0 Å². The lowest BCUT2D eigenvalue weighted by atomic mass is 10.1. The van der Waals surface area contributed by atoms with Gasteiger partial charge in [0.2, 0.25) is 0 Å². The summed E-state index contributed by atoms with van der Waals surface area (Å²) < 4.78 is 54.9. The first-order valence-electron chi connectivity index (χ1n) is 10.3. The first kappa shape index (κ1) is 24.5. The van der Waals surface area contributed by atoms with Crippen molar-refractivity contribution in [2.75, 3.05) is 23.4 Å². The number of benzene rings is 2. The number of anilines is 3. The predicted molar refractivity (Wildman–Crippen MR) is 123 cm³/mol. The molecule has 3 aromatic rings. The molecule has 0 unspecified atom stereocenters. The maximum Gasteiger partial charge on any atom is 0.418 e. The van der Waals surface area contributed by atoms with E-state index < -0.39 is 23.6 Å². The quantitative estimate of drug-likeness (QED) is 0.285. The van der Waals surface area contributed by atoms with Gasteiger partial charge >= 0.3 is 12.2 Å². The van der Waals surface area contributed by atoms with Crippen molar-refractivity contribution in [1.82, 2.24) is 4.98 Å². The molecule has 5 nitrogen and oxygen atoms in total. The average molecular weight is 481 g/mol. The van der Waals surface area contributed by atoms with Crippen molar-refractivity contribution in [2.24, 2.45) is 5.73 Å². The number of alkyl halides is 3. The highest BCUT2D eigenvalue weighted by molar-refractivity contribution is 7.14. The van der Waals surface area contributed by atoms with E-state index in [1.165, 1.54) is 36.4 Å². The molecule has 10 heteroatoms. The number of aromatic nitrogens is 1. The van der Waals surface area contributed by atoms with Crippen LogP contribution in [0.1, 0.15) is 31.7 Å². The fourth-order valence-corrected chi connectivity index (χ4v) is 4.25. The third kappa shape index (κ3) is 5.81. The summed E-state index contributed by atoms with van der Waals surface area (Å²) in [7, 11) is 1.61. The van der Waals surface area contributed by atoms with Crippen LogP contribution in [0.3, 0.4) is 0 Å². The Morgan fingerprint density at radius 3 is 2.42 bits per heavy atom. The lowest BCUT2D eigenvalue weighted by Gasteiger charge is -2.26. The van der Waals surface area contributed by atoms with Gasteiger partial charge in [-0.05, 0) is 48.9 Å². The van der Waals surface area contributed by atoms with E-state index in [2.05, 4.69) is 4.98 Å². The number of nitrogens with zero attached hydrogens (tertiary/aromatic N) is 3. The number of primary amides is 1. The third-order valence-electron chi connectivity index (χ3n) is 5.10. The highest BCUT2D eigenvalue weighted by Gasteiger charge is 2.36. The summed E-state index contributed by atoms with van der Waals surface area (Å²) in [6.07, 6.45) is -1.99. The highest BCUT2D eigenvalue weighted by Crippen LogP contribution is 2.41. The Kier molecular flexibility index (Phi) is 7.57. The summed E-state index contributed by atoms with van der Waals surface area (Å²) in [6, 6.07) is 8.29. The molecule has 0 atom stereocenters. The molecule has 0 aliphatic heterocycles. The first-order valence-corrected chi connectivity index (χ1v) is 11.2. The first-order chi connectivity index (χ1) is 15.6. The molecule has 2 aromatic carbocycles. The molecule has 2 amide bonds. The number of halogens is 4. The van der Waals surface area contributed by atoms with Gasteiger partial charge in [-0.25, -0.2) is 19.1 Å². The second-order valence-corrected chi connectivity index (χ2v) is 8.36. The van der Waals surface area contributed by atoms with Gasteiger partial charge in [0.05, 0.1) is 16.9 Å². The Morgan fingerprint density at radius 1 is 1.12 bits per heavy atom. The molecule has 2 N–H and O–H groups in total. The lowest BCUT2D eigenvalue weighted by Crippen LogP contribution is -2.32. The maximum absolute atomic E-state index is 13.9. The van der Waals surface area contributed by atoms with E-state index in [0.717, 1.165) is 41.6 Å². The van der Waals surface area contributed by atoms with Gasteiger partial charge < -0.3 is 10.6 Å². The lowest BCUT2D eigenvalue weighted by molar-refractivity contribution is -0.137. The molecule has 0 radical (unpaired) electrons. The third-order valence-corrected chi connectivity index (χ3v) is 5.92. The SMILES string of the molecule is CCCCCN(C)c1ccc(N(C(N)=O)c2nc(-c3ccc(F)cc3)cs2)cc1C(F)(F)F. The number of hydrogen-bond acceptors (Lipinski definition) is 4. The summed E-state index contributed by atoms with van der Waals surface area (Å²) in [5.74, 6) is -0.410. The van der Waals surface area contributed by atoms with Crippen molar-refractivity contribution in [3.8, 4) is 11.3 Å². The molecule has 1 heterocycles. The minimum atomic E-state index is -4.63. The van der Waals surface area contributed by atoms with Crippen molar-refractivity contribution in [3.05, 3.63) is 59.2 Å². The van der Waals surface area contributed by atoms with Gasteiger partial charge in [0, 0.05) is 30.2 Å². The van der Waals surface area contributed by atoms with Crippen LogP contribution in [0, 0.1) is 5.82 Å². The molecule has 0 fully saturated rings. The zero-order chi connectivity index (χ0) is 24.2. The van der Waals surface area contributed by atoms with Crippen LogP contribution < -0.4 is 15.5 Å². The van der Waals surface area contributed by atoms with Crippen LogP contribution in [0.25, 0.3) is 11.3 Å². The van der Waals surface area contributed by atoms with E-state index in [-0.39, 0.29) is 16.5 Å². The molecule has 0 saturated carbocycles. The fourth-order valence-electron chi connectivity index (χ4n) is 3.39. The molecular weight excluding hydrogens is 456 g/mol. The molecule has 176 valence electrons. The number of amides is 2. The van der Waals surface area contributed by atoms with E-state index in [0.29, 0.717) is 17.8 Å². The van der Waals surface area contributed by atoms with Gasteiger partial charge in [0.15, 0.2) is 5.13 Å². The average Bonchev–Trinajstić information content (AvgIpc) is 3.23. The van der Waals surface area contributed by atoms with Crippen molar-refractivity contribution in [3.63, 3.8) is 0 Å². The molecular formula is C23H24F4N4OS. The topological polar surface area (TPSA) is 62.5 Å². The van der Waals surface area contributed by atoms with Gasteiger partial charge in [0.25, 0.3) is 0 Å². The summed E-state index contributed by atoms with van der Waals surface area (Å²) >= 11 is 1.05. The number of thiazole rings is 1. The predicted octanol–water partition coefficient (Wildman–Crippen LogP) is 6.81. The standard InChI is InChI=1S/C23H24F4N4OS/c1-3-4-5-12-30(2)20-11-10-17(13-18(20)23(25,26)27)31(21(28)32)22-29-19(14-33-22)15-6-8-16(24)9-7-15/h6-11,13-14H,3-5,12H2,1-2H3,(H2,28,32). The molecule has 0 aliphatic rings. The van der Waals surface area contributed by atoms with Crippen LogP contribution in [0.5, 0.6) is 0 Å². The van der Waals surface area contributed by atoms with Crippen LogP contribution in [0.2, 0.25) is 0 Å². The smallest absolute Gasteiger partial charge is 0.374 e. The molecule has 0 saturated heterocycles. The van der Waals surface area contributed by atoms with Crippen LogP contribution >= 0.6 is 11.3 Å². The van der Waals surface area contributed by atoms with Crippen LogP contribution in [-0.2, 0) is 6.18 Å². The number of hydrogen-bond donors (Lipinski definition) is 1. The summed E-state index contributed by atoms with van der Waals surface area (Å²) in [5.41, 5.74) is 5.69. The molecule has 1 aromatic heterocycles. The van der Waals surface area contributed by atoms with Crippen molar-refractivity contribution >= 4 is 33.9 Å². The van der Waals surface area contributed by atoms with E-state index in [1.807, 2.05) is 6.92 Å². The van der Waals surface area contributed by atoms with E-state index in [9.17, 15) is 22.4 Å². The Bertz CT molecular complexity index is 1100. The summed E-state index contributed by atoms with van der Waals surface area (Å²) in [4.78, 5) is 19.1. The monoisotopic (exact) mass is 480 g/mol. The number of nitrogens with two attached hydrogens (primary N) is 1. The minimum absolute atomic E-state index is 0.0258. The Hall–Kier alpha value is -3.14. The van der Waals surface area contributed by atoms with Crippen molar-refractivity contribution in [2.45, 2.75) is 32.4 Å². The minimum Gasteiger partial charge on any atom is -0.374 e. The van der Waals surface area contributed by atoms with Gasteiger partial charge in [-0.1, -0.05) is 19.8 Å². The zero-order valence-electron chi connectivity index (χ0n) is 18.2. The molecule has 33 heavy (non-hydrogen) atoms. The Morgan fingerprint density at radius 2 is 1.82 bits per heavy atom. The number of unbranched alkanes of at least 4 members (excludes halogenated alkanes) is 2. The van der Waals surface area contributed by atoms with E-state index >= 15 is 0 Å². The Labute approximate surface area is 193 Å². The normalized spacial score (nSPS) is 11.5. The maximum atomic E-state index is 13.9. The molecule has 0 aliphatic carbocycles. The van der Waals surface area contributed by atoms with Crippen LogP contribution in [-0.4, -0.2) is 24.6 Å². The van der Waals surface area contributed by atoms with Gasteiger partial charge in [0.1, 0.15) is 5.82 Å². The highest BCUT2D eigenvalue weighted by atomic mass is 32.1. The fraction of sp³-hybridized carbons (Fsp3) is 0.304. The van der Waals surface area contributed by atoms with Crippen LogP contribution in [0.4, 0.5) is 38.9 Å². The van der Waals surface area contributed by atoms with Crippen molar-refractivity contribution < 1.29 is 22.4 Å². The second kappa shape index (κ2) is 10.2. The largest absolute Gasteiger partial charge is 0.418 e. The van der Waals surface area contributed by atoms with Gasteiger partial charge in [-0.2, -0.15) is 13.2 Å². The summed E-state index contributed by atoms with van der Waals surface area (Å²) in [6.45, 7) is 2.50.